The molecule has 2 aromatic carbocycles. The van der Waals surface area contributed by atoms with Gasteiger partial charge in [0.1, 0.15) is 5.75 Å². The molecule has 0 aliphatic carbocycles. The highest BCUT2D eigenvalue weighted by Gasteiger charge is 2.17. The number of hydrogen-bond acceptors (Lipinski definition) is 3. The SMILES string of the molecule is CNC(c1cc(OC)cs1)c1ccc(Cl)c2ccccc12. The molecule has 1 unspecified atom stereocenters. The van der Waals surface area contributed by atoms with Crippen LogP contribution in [0.25, 0.3) is 10.8 Å². The molecule has 1 aromatic heterocycles. The topological polar surface area (TPSA) is 21.3 Å². The first kappa shape index (κ1) is 14.4. The zero-order chi connectivity index (χ0) is 14.8. The molecule has 2 nitrogen and oxygen atoms in total. The third-order valence-corrected chi connectivity index (χ3v) is 4.93. The Hall–Kier alpha value is -1.55. The van der Waals surface area contributed by atoms with Gasteiger partial charge in [-0.1, -0.05) is 41.9 Å². The molecule has 4 heteroatoms. The van der Waals surface area contributed by atoms with Crippen LogP contribution in [0.4, 0.5) is 0 Å². The van der Waals surface area contributed by atoms with Crippen molar-refractivity contribution < 1.29 is 4.74 Å². The van der Waals surface area contributed by atoms with Crippen molar-refractivity contribution in [1.29, 1.82) is 0 Å². The molecule has 0 bridgehead atoms. The summed E-state index contributed by atoms with van der Waals surface area (Å²) in [5.41, 5.74) is 1.22. The number of nitrogens with one attached hydrogen (secondary N) is 1. The quantitative estimate of drug-likeness (QED) is 0.741. The molecule has 3 rings (SSSR count). The van der Waals surface area contributed by atoms with E-state index >= 15 is 0 Å². The molecule has 0 saturated heterocycles. The van der Waals surface area contributed by atoms with E-state index in [4.69, 9.17) is 16.3 Å². The summed E-state index contributed by atoms with van der Waals surface area (Å²) in [6.45, 7) is 0. The standard InChI is InChI=1S/C17H16ClNOS/c1-19-17(16-9-11(20-2)10-21-16)14-7-8-15(18)13-6-4-3-5-12(13)14/h3-10,17,19H,1-2H3. The number of fused-ring (bicyclic) bond motifs is 1. The Morgan fingerprint density at radius 1 is 1.14 bits per heavy atom. The summed E-state index contributed by atoms with van der Waals surface area (Å²) in [5, 5.41) is 8.47. The van der Waals surface area contributed by atoms with Crippen molar-refractivity contribution in [2.45, 2.75) is 6.04 Å². The molecule has 0 amide bonds. The van der Waals surface area contributed by atoms with Crippen LogP contribution >= 0.6 is 22.9 Å². The van der Waals surface area contributed by atoms with Crippen LogP contribution in [0.2, 0.25) is 5.02 Å². The highest BCUT2D eigenvalue weighted by molar-refractivity contribution is 7.10. The van der Waals surface area contributed by atoms with Crippen LogP contribution in [0, 0.1) is 0 Å². The van der Waals surface area contributed by atoms with Crippen molar-refractivity contribution >= 4 is 33.7 Å². The van der Waals surface area contributed by atoms with Gasteiger partial charge >= 0.3 is 0 Å². The van der Waals surface area contributed by atoms with Gasteiger partial charge in [0.2, 0.25) is 0 Å². The van der Waals surface area contributed by atoms with E-state index in [0.717, 1.165) is 16.2 Å². The maximum atomic E-state index is 6.31. The van der Waals surface area contributed by atoms with Crippen molar-refractivity contribution in [2.75, 3.05) is 14.2 Å². The zero-order valence-corrected chi connectivity index (χ0v) is 13.5. The highest BCUT2D eigenvalue weighted by atomic mass is 35.5. The minimum absolute atomic E-state index is 0.126. The van der Waals surface area contributed by atoms with Gasteiger partial charge in [-0.3, -0.25) is 0 Å². The fourth-order valence-corrected chi connectivity index (χ4v) is 3.79. The van der Waals surface area contributed by atoms with E-state index in [1.54, 1.807) is 18.4 Å². The molecule has 1 heterocycles. The van der Waals surface area contributed by atoms with Crippen molar-refractivity contribution in [3.8, 4) is 5.75 Å². The minimum Gasteiger partial charge on any atom is -0.496 e. The maximum absolute atomic E-state index is 6.31. The molecule has 0 aliphatic rings. The van der Waals surface area contributed by atoms with Crippen LogP contribution in [-0.4, -0.2) is 14.2 Å². The maximum Gasteiger partial charge on any atom is 0.129 e. The second-order valence-corrected chi connectivity index (χ2v) is 6.14. The molecule has 1 atom stereocenters. The summed E-state index contributed by atoms with van der Waals surface area (Å²) in [5.74, 6) is 0.897. The highest BCUT2D eigenvalue weighted by Crippen LogP contribution is 2.36. The van der Waals surface area contributed by atoms with Crippen molar-refractivity contribution in [3.05, 3.63) is 63.3 Å². The van der Waals surface area contributed by atoms with E-state index in [2.05, 4.69) is 29.6 Å². The van der Waals surface area contributed by atoms with Crippen LogP contribution < -0.4 is 10.1 Å². The van der Waals surface area contributed by atoms with Gasteiger partial charge in [-0.15, -0.1) is 11.3 Å². The number of thiophene rings is 1. The van der Waals surface area contributed by atoms with E-state index in [1.807, 2.05) is 30.6 Å². The minimum atomic E-state index is 0.126. The third-order valence-electron chi connectivity index (χ3n) is 3.62. The Bertz CT molecular complexity index is 768. The Morgan fingerprint density at radius 2 is 1.90 bits per heavy atom. The number of benzene rings is 2. The van der Waals surface area contributed by atoms with Gasteiger partial charge in [0.25, 0.3) is 0 Å². The molecular formula is C17H16ClNOS. The molecule has 0 fully saturated rings. The Kier molecular flexibility index (Phi) is 4.15. The Morgan fingerprint density at radius 3 is 2.57 bits per heavy atom. The lowest BCUT2D eigenvalue weighted by molar-refractivity contribution is 0.416. The molecule has 0 aliphatic heterocycles. The van der Waals surface area contributed by atoms with E-state index in [1.165, 1.54) is 15.8 Å². The van der Waals surface area contributed by atoms with Gasteiger partial charge in [-0.25, -0.2) is 0 Å². The predicted molar refractivity (Wildman–Crippen MR) is 90.7 cm³/mol. The lowest BCUT2D eigenvalue weighted by Crippen LogP contribution is -2.16. The molecule has 0 saturated carbocycles. The van der Waals surface area contributed by atoms with Crippen LogP contribution in [0.1, 0.15) is 16.5 Å². The van der Waals surface area contributed by atoms with Gasteiger partial charge < -0.3 is 10.1 Å². The predicted octanol–water partition coefficient (Wildman–Crippen LogP) is 4.87. The summed E-state index contributed by atoms with van der Waals surface area (Å²) in [4.78, 5) is 1.22. The Labute approximate surface area is 133 Å². The van der Waals surface area contributed by atoms with E-state index in [9.17, 15) is 0 Å². The number of methoxy groups -OCH3 is 1. The molecule has 0 radical (unpaired) electrons. The summed E-state index contributed by atoms with van der Waals surface area (Å²) in [6.07, 6.45) is 0. The summed E-state index contributed by atoms with van der Waals surface area (Å²) in [7, 11) is 3.66. The number of rotatable bonds is 4. The second-order valence-electron chi connectivity index (χ2n) is 4.79. The van der Waals surface area contributed by atoms with Crippen molar-refractivity contribution in [3.63, 3.8) is 0 Å². The first-order chi connectivity index (χ1) is 10.2. The first-order valence-corrected chi connectivity index (χ1v) is 7.97. The van der Waals surface area contributed by atoms with Crippen LogP contribution in [0.15, 0.2) is 47.8 Å². The summed E-state index contributed by atoms with van der Waals surface area (Å²) in [6, 6.07) is 14.5. The molecule has 21 heavy (non-hydrogen) atoms. The normalized spacial score (nSPS) is 12.5. The molecular weight excluding hydrogens is 302 g/mol. The molecule has 0 spiro atoms. The zero-order valence-electron chi connectivity index (χ0n) is 11.9. The average molecular weight is 318 g/mol. The van der Waals surface area contributed by atoms with Gasteiger partial charge in [0.05, 0.1) is 13.2 Å². The molecule has 108 valence electrons. The molecule has 3 aromatic rings. The van der Waals surface area contributed by atoms with E-state index in [-0.39, 0.29) is 6.04 Å². The smallest absolute Gasteiger partial charge is 0.129 e. The fourth-order valence-electron chi connectivity index (χ4n) is 2.58. The van der Waals surface area contributed by atoms with Crippen LogP contribution in [-0.2, 0) is 0 Å². The average Bonchev–Trinajstić information content (AvgIpc) is 2.99. The number of halogens is 1. The van der Waals surface area contributed by atoms with Gasteiger partial charge in [0.15, 0.2) is 0 Å². The van der Waals surface area contributed by atoms with Gasteiger partial charge in [-0.05, 0) is 30.1 Å². The third kappa shape index (κ3) is 2.64. The van der Waals surface area contributed by atoms with Crippen molar-refractivity contribution in [1.82, 2.24) is 5.32 Å². The van der Waals surface area contributed by atoms with Gasteiger partial charge in [0, 0.05) is 20.7 Å². The number of ether oxygens (including phenoxy) is 1. The fraction of sp³-hybridized carbons (Fsp3) is 0.176. The van der Waals surface area contributed by atoms with Gasteiger partial charge in [-0.2, -0.15) is 0 Å². The lowest BCUT2D eigenvalue weighted by Gasteiger charge is -2.18. The lowest BCUT2D eigenvalue weighted by atomic mass is 9.98. The Balaban J connectivity index is 2.15. The largest absolute Gasteiger partial charge is 0.496 e. The van der Waals surface area contributed by atoms with E-state index in [0.29, 0.717) is 0 Å². The first-order valence-electron chi connectivity index (χ1n) is 6.71. The van der Waals surface area contributed by atoms with Crippen LogP contribution in [0.5, 0.6) is 5.75 Å². The monoisotopic (exact) mass is 317 g/mol. The van der Waals surface area contributed by atoms with Crippen LogP contribution in [0.3, 0.4) is 0 Å². The van der Waals surface area contributed by atoms with E-state index < -0.39 is 0 Å². The van der Waals surface area contributed by atoms with Crippen molar-refractivity contribution in [2.24, 2.45) is 0 Å². The summed E-state index contributed by atoms with van der Waals surface area (Å²) < 4.78 is 5.29. The molecule has 1 N–H and O–H groups in total. The second kappa shape index (κ2) is 6.06. The summed E-state index contributed by atoms with van der Waals surface area (Å²) >= 11 is 8.01. The number of hydrogen-bond donors (Lipinski definition) is 1.